The number of fused-ring (bicyclic) bond motifs is 1. The molecule has 1 atom stereocenters. The SMILES string of the molecule is COc1cc(C(=O)N2CCCCC2c2cccnc2)c2ccccc2n1. The number of methoxy groups -OCH3 is 1. The molecule has 1 fully saturated rings. The molecule has 0 spiro atoms. The second-order valence-corrected chi connectivity index (χ2v) is 6.53. The summed E-state index contributed by atoms with van der Waals surface area (Å²) >= 11 is 0. The molecule has 0 N–H and O–H groups in total. The van der Waals surface area contributed by atoms with Gasteiger partial charge in [0.25, 0.3) is 5.91 Å². The van der Waals surface area contributed by atoms with Crippen LogP contribution >= 0.6 is 0 Å². The Morgan fingerprint density at radius 1 is 1.19 bits per heavy atom. The van der Waals surface area contributed by atoms with Crippen LogP contribution in [0.3, 0.4) is 0 Å². The second kappa shape index (κ2) is 7.12. The number of aromatic nitrogens is 2. The molecule has 3 heterocycles. The number of amides is 1. The fraction of sp³-hybridized carbons (Fsp3) is 0.286. The lowest BCUT2D eigenvalue weighted by Gasteiger charge is -2.36. The molecule has 0 saturated carbocycles. The number of hydrogen-bond donors (Lipinski definition) is 0. The van der Waals surface area contributed by atoms with Crippen molar-refractivity contribution in [1.82, 2.24) is 14.9 Å². The summed E-state index contributed by atoms with van der Waals surface area (Å²) in [6, 6.07) is 13.5. The van der Waals surface area contributed by atoms with E-state index in [9.17, 15) is 4.79 Å². The molecule has 0 aliphatic carbocycles. The topological polar surface area (TPSA) is 55.3 Å². The Balaban J connectivity index is 1.77. The smallest absolute Gasteiger partial charge is 0.255 e. The Hall–Kier alpha value is -2.95. The number of carbonyl (C=O) groups is 1. The van der Waals surface area contributed by atoms with Crippen LogP contribution in [-0.4, -0.2) is 34.4 Å². The highest BCUT2D eigenvalue weighted by Gasteiger charge is 2.30. The Labute approximate surface area is 152 Å². The van der Waals surface area contributed by atoms with Gasteiger partial charge in [-0.1, -0.05) is 24.3 Å². The van der Waals surface area contributed by atoms with Crippen molar-refractivity contribution in [2.75, 3.05) is 13.7 Å². The van der Waals surface area contributed by atoms with Gasteiger partial charge < -0.3 is 9.64 Å². The molecule has 0 radical (unpaired) electrons. The molecule has 132 valence electrons. The maximum atomic E-state index is 13.5. The van der Waals surface area contributed by atoms with Crippen molar-refractivity contribution in [2.24, 2.45) is 0 Å². The molecule has 1 saturated heterocycles. The van der Waals surface area contributed by atoms with Crippen molar-refractivity contribution >= 4 is 16.8 Å². The molecule has 1 amide bonds. The van der Waals surface area contributed by atoms with Gasteiger partial charge in [0.05, 0.1) is 24.2 Å². The van der Waals surface area contributed by atoms with E-state index >= 15 is 0 Å². The quantitative estimate of drug-likeness (QED) is 0.718. The summed E-state index contributed by atoms with van der Waals surface area (Å²) in [7, 11) is 1.57. The number of rotatable bonds is 3. The monoisotopic (exact) mass is 347 g/mol. The lowest BCUT2D eigenvalue weighted by atomic mass is 9.95. The summed E-state index contributed by atoms with van der Waals surface area (Å²) in [6.07, 6.45) is 6.71. The zero-order valence-corrected chi connectivity index (χ0v) is 14.8. The molecule has 5 nitrogen and oxygen atoms in total. The highest BCUT2D eigenvalue weighted by molar-refractivity contribution is 6.06. The molecule has 1 aliphatic rings. The van der Waals surface area contributed by atoms with Crippen molar-refractivity contribution in [3.63, 3.8) is 0 Å². The average Bonchev–Trinajstić information content (AvgIpc) is 2.73. The summed E-state index contributed by atoms with van der Waals surface area (Å²) in [4.78, 5) is 24.2. The molecule has 26 heavy (non-hydrogen) atoms. The van der Waals surface area contributed by atoms with Gasteiger partial charge in [-0.05, 0) is 37.0 Å². The minimum Gasteiger partial charge on any atom is -0.481 e. The van der Waals surface area contributed by atoms with E-state index in [4.69, 9.17) is 4.74 Å². The third-order valence-electron chi connectivity index (χ3n) is 4.97. The number of benzene rings is 1. The first kappa shape index (κ1) is 16.5. The lowest BCUT2D eigenvalue weighted by Crippen LogP contribution is -2.38. The zero-order chi connectivity index (χ0) is 17.9. The van der Waals surface area contributed by atoms with Crippen LogP contribution in [0.25, 0.3) is 10.9 Å². The number of pyridine rings is 2. The maximum absolute atomic E-state index is 13.5. The summed E-state index contributed by atoms with van der Waals surface area (Å²) in [5.41, 5.74) is 2.50. The first-order valence-electron chi connectivity index (χ1n) is 8.92. The summed E-state index contributed by atoms with van der Waals surface area (Å²) in [6.45, 7) is 0.747. The molecule has 3 aromatic rings. The van der Waals surface area contributed by atoms with Crippen LogP contribution in [0.4, 0.5) is 0 Å². The molecule has 0 bridgehead atoms. The van der Waals surface area contributed by atoms with Crippen LogP contribution < -0.4 is 4.74 Å². The van der Waals surface area contributed by atoms with Gasteiger partial charge in [0.1, 0.15) is 0 Å². The van der Waals surface area contributed by atoms with E-state index < -0.39 is 0 Å². The van der Waals surface area contributed by atoms with E-state index in [1.807, 2.05) is 41.4 Å². The van der Waals surface area contributed by atoms with E-state index in [1.54, 1.807) is 19.4 Å². The Morgan fingerprint density at radius 3 is 2.88 bits per heavy atom. The first-order chi connectivity index (χ1) is 12.8. The summed E-state index contributed by atoms with van der Waals surface area (Å²) in [5.74, 6) is 0.484. The van der Waals surface area contributed by atoms with E-state index in [-0.39, 0.29) is 11.9 Å². The third-order valence-corrected chi connectivity index (χ3v) is 4.97. The van der Waals surface area contributed by atoms with E-state index in [2.05, 4.69) is 16.0 Å². The zero-order valence-electron chi connectivity index (χ0n) is 14.8. The molecule has 1 aromatic carbocycles. The van der Waals surface area contributed by atoms with Crippen LogP contribution in [0.1, 0.15) is 41.2 Å². The number of carbonyl (C=O) groups excluding carboxylic acids is 1. The highest BCUT2D eigenvalue weighted by atomic mass is 16.5. The minimum atomic E-state index is 0.0236. The van der Waals surface area contributed by atoms with Gasteiger partial charge in [-0.2, -0.15) is 0 Å². The molecule has 1 aliphatic heterocycles. The highest BCUT2D eigenvalue weighted by Crippen LogP contribution is 2.33. The normalized spacial score (nSPS) is 17.3. The fourth-order valence-corrected chi connectivity index (χ4v) is 3.68. The van der Waals surface area contributed by atoms with Crippen LogP contribution in [-0.2, 0) is 0 Å². The molecular formula is C21H21N3O2. The number of likely N-dealkylation sites (tertiary alicyclic amines) is 1. The van der Waals surface area contributed by atoms with Crippen molar-refractivity contribution in [3.8, 4) is 5.88 Å². The van der Waals surface area contributed by atoms with Crippen LogP contribution in [0.2, 0.25) is 0 Å². The number of nitrogens with zero attached hydrogens (tertiary/aromatic N) is 3. The van der Waals surface area contributed by atoms with E-state index in [1.165, 1.54) is 0 Å². The van der Waals surface area contributed by atoms with E-state index in [0.717, 1.165) is 42.3 Å². The first-order valence-corrected chi connectivity index (χ1v) is 8.92. The van der Waals surface area contributed by atoms with Gasteiger partial charge in [-0.15, -0.1) is 0 Å². The second-order valence-electron chi connectivity index (χ2n) is 6.53. The van der Waals surface area contributed by atoms with Crippen molar-refractivity contribution in [1.29, 1.82) is 0 Å². The van der Waals surface area contributed by atoms with E-state index in [0.29, 0.717) is 11.4 Å². The fourth-order valence-electron chi connectivity index (χ4n) is 3.68. The lowest BCUT2D eigenvalue weighted by molar-refractivity contribution is 0.0613. The van der Waals surface area contributed by atoms with Gasteiger partial charge in [-0.25, -0.2) is 4.98 Å². The van der Waals surface area contributed by atoms with Gasteiger partial charge in [0.2, 0.25) is 5.88 Å². The molecule has 2 aromatic heterocycles. The maximum Gasteiger partial charge on any atom is 0.255 e. The molecular weight excluding hydrogens is 326 g/mol. The minimum absolute atomic E-state index is 0.0236. The number of para-hydroxylation sites is 1. The van der Waals surface area contributed by atoms with Gasteiger partial charge in [-0.3, -0.25) is 9.78 Å². The van der Waals surface area contributed by atoms with Crippen molar-refractivity contribution < 1.29 is 9.53 Å². The Morgan fingerprint density at radius 2 is 2.08 bits per heavy atom. The van der Waals surface area contributed by atoms with Crippen LogP contribution in [0, 0.1) is 0 Å². The largest absolute Gasteiger partial charge is 0.481 e. The van der Waals surface area contributed by atoms with Crippen LogP contribution in [0.15, 0.2) is 54.9 Å². The summed E-state index contributed by atoms with van der Waals surface area (Å²) in [5, 5.41) is 0.855. The summed E-state index contributed by atoms with van der Waals surface area (Å²) < 4.78 is 5.32. The van der Waals surface area contributed by atoms with Gasteiger partial charge in [0, 0.05) is 30.4 Å². The predicted molar refractivity (Wildman–Crippen MR) is 100 cm³/mol. The number of piperidine rings is 1. The Bertz CT molecular complexity index is 927. The third kappa shape index (κ3) is 3.01. The average molecular weight is 347 g/mol. The van der Waals surface area contributed by atoms with Crippen molar-refractivity contribution in [2.45, 2.75) is 25.3 Å². The van der Waals surface area contributed by atoms with Gasteiger partial charge >= 0.3 is 0 Å². The Kier molecular flexibility index (Phi) is 4.52. The molecule has 4 rings (SSSR count). The van der Waals surface area contributed by atoms with Crippen molar-refractivity contribution in [3.05, 3.63) is 66.0 Å². The van der Waals surface area contributed by atoms with Crippen LogP contribution in [0.5, 0.6) is 5.88 Å². The number of hydrogen-bond acceptors (Lipinski definition) is 4. The predicted octanol–water partition coefficient (Wildman–Crippen LogP) is 4.01. The van der Waals surface area contributed by atoms with Gasteiger partial charge in [0.15, 0.2) is 0 Å². The number of ether oxygens (including phenoxy) is 1. The molecule has 1 unspecified atom stereocenters. The molecule has 5 heteroatoms. The standard InChI is InChI=1S/C21H21N3O2/c1-26-20-13-17(16-8-2-3-9-18(16)23-20)21(25)24-12-5-4-10-19(24)15-7-6-11-22-14-15/h2-3,6-9,11,13-14,19H,4-5,10,12H2,1H3.